The third-order valence-electron chi connectivity index (χ3n) is 4.04. The second-order valence-corrected chi connectivity index (χ2v) is 25.5. The van der Waals surface area contributed by atoms with Crippen molar-refractivity contribution in [2.45, 2.75) is 96.8 Å². The first-order chi connectivity index (χ1) is 10.7. The van der Waals surface area contributed by atoms with Gasteiger partial charge in [-0.05, 0) is 0 Å². The Hall–Kier alpha value is 0.897. The third kappa shape index (κ3) is 12.8. The van der Waals surface area contributed by atoms with Crippen molar-refractivity contribution in [3.05, 3.63) is 0 Å². The maximum atomic E-state index is 11.1. The molecule has 0 aromatic rings. The summed E-state index contributed by atoms with van der Waals surface area (Å²) < 4.78 is 16.1. The molecule has 0 aromatic carbocycles. The van der Waals surface area contributed by atoms with Gasteiger partial charge in [-0.1, -0.05) is 0 Å². The van der Waals surface area contributed by atoms with Gasteiger partial charge in [-0.15, -0.1) is 0 Å². The van der Waals surface area contributed by atoms with Gasteiger partial charge in [0.25, 0.3) is 0 Å². The summed E-state index contributed by atoms with van der Waals surface area (Å²) in [5.41, 5.74) is 0. The Balaban J connectivity index is 0. The third-order valence-corrected chi connectivity index (χ3v) is 31.9. The predicted molar refractivity (Wildman–Crippen MR) is 103 cm³/mol. The van der Waals surface area contributed by atoms with Crippen LogP contribution in [0.15, 0.2) is 3.21 Å². The van der Waals surface area contributed by atoms with Gasteiger partial charge in [0.15, 0.2) is 0 Å². The second kappa shape index (κ2) is 17.7. The van der Waals surface area contributed by atoms with Crippen LogP contribution < -0.4 is 0 Å². The van der Waals surface area contributed by atoms with Crippen molar-refractivity contribution >= 4 is 45.3 Å². The molecule has 0 aliphatic rings. The first kappa shape index (κ1) is 26.1. The Labute approximate surface area is 156 Å². The van der Waals surface area contributed by atoms with Gasteiger partial charge in [0.05, 0.1) is 0 Å². The van der Waals surface area contributed by atoms with Crippen LogP contribution in [0.3, 0.4) is 0 Å². The standard InChI is InChI=1S/4C4H9.CNO.H2O.O.2Sn/c4*1-3-4-2;2-1-3;;;;/h4*1,3-4H2,2H3;;1H2;;;/q;;;;-1;;;;+1. The van der Waals surface area contributed by atoms with Crippen molar-refractivity contribution in [3.63, 3.8) is 0 Å². The number of rotatable bonds is 15. The molecule has 23 heavy (non-hydrogen) atoms. The van der Waals surface area contributed by atoms with Crippen molar-refractivity contribution in [1.29, 1.82) is 0 Å². The molecule has 0 saturated carbocycles. The molecule has 0 saturated heterocycles. The summed E-state index contributed by atoms with van der Waals surface area (Å²) >= 11 is -4.89. The molecular weight excluding hydrogens is 504 g/mol. The summed E-state index contributed by atoms with van der Waals surface area (Å²) in [6.07, 6.45) is 11.7. The van der Waals surface area contributed by atoms with Gasteiger partial charge in [0.2, 0.25) is 0 Å². The Morgan fingerprint density at radius 3 is 1.65 bits per heavy atom. The van der Waals surface area contributed by atoms with Crippen molar-refractivity contribution in [2.24, 2.45) is 3.21 Å². The van der Waals surface area contributed by atoms with E-state index in [4.69, 9.17) is 1.41 Å². The van der Waals surface area contributed by atoms with Crippen LogP contribution in [0.25, 0.3) is 0 Å². The first-order valence-electron chi connectivity index (χ1n) is 9.30. The van der Waals surface area contributed by atoms with Crippen LogP contribution in [0.5, 0.6) is 0 Å². The Bertz CT molecular complexity index is 294. The van der Waals surface area contributed by atoms with Crippen molar-refractivity contribution < 1.29 is 11.7 Å². The summed E-state index contributed by atoms with van der Waals surface area (Å²) in [5, 5.41) is 0. The normalized spacial score (nSPS) is 11.2. The van der Waals surface area contributed by atoms with Crippen LogP contribution >= 0.6 is 0 Å². The molecule has 0 rings (SSSR count). The molecule has 0 spiro atoms. The predicted octanol–water partition coefficient (Wildman–Crippen LogP) is 5.15. The SMILES string of the molecule is CCC[CH2][Sn]([CH2]CCC)[O][Sn]([CH2]CCC)([CH2]CCC)[N]=C=O.O. The van der Waals surface area contributed by atoms with Crippen LogP contribution in [0.4, 0.5) is 0 Å². The van der Waals surface area contributed by atoms with Crippen LogP contribution in [-0.2, 0) is 6.21 Å². The van der Waals surface area contributed by atoms with Gasteiger partial charge in [-0.3, -0.25) is 0 Å². The van der Waals surface area contributed by atoms with Crippen LogP contribution in [0.1, 0.15) is 79.1 Å². The molecular formula is C17H38NO3Sn2. The van der Waals surface area contributed by atoms with Gasteiger partial charge in [-0.2, -0.15) is 0 Å². The first-order valence-corrected chi connectivity index (χ1v) is 21.0. The average Bonchev–Trinajstić information content (AvgIpc) is 2.53. The maximum absolute atomic E-state index is 11.1. The average molecular weight is 542 g/mol. The zero-order valence-electron chi connectivity index (χ0n) is 15.7. The molecule has 0 aliphatic carbocycles. The van der Waals surface area contributed by atoms with Gasteiger partial charge in [0, 0.05) is 0 Å². The summed E-state index contributed by atoms with van der Waals surface area (Å²) in [4.78, 5) is 11.1. The van der Waals surface area contributed by atoms with Gasteiger partial charge >= 0.3 is 152 Å². The molecule has 0 atom stereocenters. The fourth-order valence-corrected chi connectivity index (χ4v) is 36.4. The molecule has 0 bridgehead atoms. The van der Waals surface area contributed by atoms with E-state index in [9.17, 15) is 4.79 Å². The molecule has 6 heteroatoms. The van der Waals surface area contributed by atoms with E-state index >= 15 is 0 Å². The zero-order chi connectivity index (χ0) is 16.7. The van der Waals surface area contributed by atoms with Crippen LogP contribution in [0.2, 0.25) is 17.7 Å². The van der Waals surface area contributed by atoms with E-state index < -0.39 is 39.2 Å². The van der Waals surface area contributed by atoms with Gasteiger partial charge in [-0.25, -0.2) is 0 Å². The largest absolute Gasteiger partial charge is 0.412 e. The summed E-state index contributed by atoms with van der Waals surface area (Å²) in [5.74, 6) is 0. The van der Waals surface area contributed by atoms with Gasteiger partial charge < -0.3 is 5.48 Å². The molecule has 0 fully saturated rings. The van der Waals surface area contributed by atoms with Crippen LogP contribution in [-0.4, -0.2) is 50.8 Å². The summed E-state index contributed by atoms with van der Waals surface area (Å²) in [6.45, 7) is 8.95. The van der Waals surface area contributed by atoms with Crippen molar-refractivity contribution in [2.75, 3.05) is 0 Å². The topological polar surface area (TPSA) is 70.2 Å². The Kier molecular flexibility index (Phi) is 20.1. The maximum Gasteiger partial charge on any atom is -0.412 e. The molecule has 137 valence electrons. The number of hydrogen-bond donors (Lipinski definition) is 0. The second-order valence-electron chi connectivity index (χ2n) is 6.20. The van der Waals surface area contributed by atoms with Gasteiger partial charge in [0.1, 0.15) is 0 Å². The Morgan fingerprint density at radius 1 is 0.870 bits per heavy atom. The van der Waals surface area contributed by atoms with E-state index in [1.807, 2.05) is 6.08 Å². The minimum Gasteiger partial charge on any atom is -0.412 e. The molecule has 0 amide bonds. The smallest absolute Gasteiger partial charge is 0.412 e. The fraction of sp³-hybridized carbons (Fsp3) is 0.941. The zero-order valence-corrected chi connectivity index (χ0v) is 21.5. The summed E-state index contributed by atoms with van der Waals surface area (Å²) in [7, 11) is 0. The van der Waals surface area contributed by atoms with Crippen LogP contribution in [0, 0.1) is 0 Å². The molecule has 1 radical (unpaired) electrons. The van der Waals surface area contributed by atoms with E-state index in [1.165, 1.54) is 60.2 Å². The van der Waals surface area contributed by atoms with E-state index in [2.05, 4.69) is 30.9 Å². The minimum absolute atomic E-state index is 0. The van der Waals surface area contributed by atoms with Crippen molar-refractivity contribution in [1.82, 2.24) is 0 Å². The molecule has 0 unspecified atom stereocenters. The molecule has 4 nitrogen and oxygen atoms in total. The van der Waals surface area contributed by atoms with E-state index in [-0.39, 0.29) is 5.48 Å². The van der Waals surface area contributed by atoms with E-state index in [1.54, 1.807) is 0 Å². The Morgan fingerprint density at radius 2 is 1.30 bits per heavy atom. The molecule has 0 aliphatic heterocycles. The number of carbonyl (C=O) groups excluding carboxylic acids is 1. The number of nitrogens with zero attached hydrogens (tertiary/aromatic N) is 1. The summed E-state index contributed by atoms with van der Waals surface area (Å²) in [6, 6.07) is 0. The molecule has 2 N–H and O–H groups in total. The number of unbranched alkanes of at least 4 members (excludes halogenated alkanes) is 4. The number of hydrogen-bond acceptors (Lipinski definition) is 3. The minimum atomic E-state index is -3.07. The fourth-order valence-electron chi connectivity index (χ4n) is 2.59. The monoisotopic (exact) mass is 544 g/mol. The van der Waals surface area contributed by atoms with E-state index in [0.29, 0.717) is 0 Å². The quantitative estimate of drug-likeness (QED) is 0.163. The number of isocyanates is 1. The molecule has 0 aromatic heterocycles. The van der Waals surface area contributed by atoms with E-state index in [0.717, 1.165) is 8.87 Å². The molecule has 0 heterocycles. The van der Waals surface area contributed by atoms with Crippen molar-refractivity contribution in [3.8, 4) is 0 Å².